The van der Waals surface area contributed by atoms with Crippen LogP contribution in [-0.4, -0.2) is 60.6 Å². The molecule has 0 unspecified atom stereocenters. The normalized spacial score (nSPS) is 10.5. The standard InChI is InChI=1S/C22H22ClN3O6S/c1-29-17-8-14(9-18(10-17)30-2)11-26(12-20(28)31-3)19(27)13-33-22-25-24-21(32-22)15-4-6-16(23)7-5-15/h4-10H,11-13H2,1-3H3. The minimum absolute atomic E-state index is 0.0135. The van der Waals surface area contributed by atoms with E-state index in [1.54, 1.807) is 42.5 Å². The van der Waals surface area contributed by atoms with Gasteiger partial charge in [0.2, 0.25) is 11.8 Å². The Hall–Kier alpha value is -3.24. The summed E-state index contributed by atoms with van der Waals surface area (Å²) in [5.41, 5.74) is 1.45. The van der Waals surface area contributed by atoms with Crippen molar-refractivity contribution in [3.05, 3.63) is 53.1 Å². The highest BCUT2D eigenvalue weighted by atomic mass is 35.5. The molecule has 0 N–H and O–H groups in total. The number of esters is 1. The van der Waals surface area contributed by atoms with Gasteiger partial charge >= 0.3 is 5.97 Å². The van der Waals surface area contributed by atoms with Crippen molar-refractivity contribution >= 4 is 35.2 Å². The van der Waals surface area contributed by atoms with E-state index in [1.807, 2.05) is 0 Å². The molecule has 1 aromatic heterocycles. The van der Waals surface area contributed by atoms with Crippen LogP contribution in [0, 0.1) is 0 Å². The van der Waals surface area contributed by atoms with Crippen LogP contribution in [0.1, 0.15) is 5.56 Å². The molecule has 0 aliphatic carbocycles. The Labute approximate surface area is 200 Å². The molecule has 0 fully saturated rings. The number of carbonyl (C=O) groups is 2. The van der Waals surface area contributed by atoms with Gasteiger partial charge in [0.25, 0.3) is 5.22 Å². The lowest BCUT2D eigenvalue weighted by molar-refractivity contribution is -0.146. The lowest BCUT2D eigenvalue weighted by atomic mass is 10.2. The Morgan fingerprint density at radius 2 is 1.70 bits per heavy atom. The zero-order valence-electron chi connectivity index (χ0n) is 18.2. The maximum absolute atomic E-state index is 12.9. The number of ether oxygens (including phenoxy) is 3. The second-order valence-corrected chi connectivity index (χ2v) is 8.08. The number of thioether (sulfide) groups is 1. The van der Waals surface area contributed by atoms with Gasteiger partial charge in [-0.15, -0.1) is 10.2 Å². The third-order valence-corrected chi connectivity index (χ3v) is 5.56. The van der Waals surface area contributed by atoms with Crippen molar-refractivity contribution in [2.75, 3.05) is 33.6 Å². The van der Waals surface area contributed by atoms with Gasteiger partial charge in [-0.05, 0) is 42.0 Å². The van der Waals surface area contributed by atoms with Crippen LogP contribution in [0.4, 0.5) is 0 Å². The fraction of sp³-hybridized carbons (Fsp3) is 0.273. The summed E-state index contributed by atoms with van der Waals surface area (Å²) in [6.07, 6.45) is 0. The number of nitrogens with zero attached hydrogens (tertiary/aromatic N) is 3. The van der Waals surface area contributed by atoms with E-state index in [0.717, 1.165) is 17.3 Å². The van der Waals surface area contributed by atoms with E-state index < -0.39 is 5.97 Å². The third-order valence-electron chi connectivity index (χ3n) is 4.50. The molecule has 0 aliphatic heterocycles. The van der Waals surface area contributed by atoms with Crippen LogP contribution in [0.2, 0.25) is 5.02 Å². The van der Waals surface area contributed by atoms with Crippen molar-refractivity contribution in [2.45, 2.75) is 11.8 Å². The van der Waals surface area contributed by atoms with E-state index in [0.29, 0.717) is 28.0 Å². The maximum Gasteiger partial charge on any atom is 0.325 e. The molecule has 9 nitrogen and oxygen atoms in total. The van der Waals surface area contributed by atoms with Crippen LogP contribution in [0.5, 0.6) is 11.5 Å². The van der Waals surface area contributed by atoms with E-state index in [-0.39, 0.29) is 30.0 Å². The fourth-order valence-corrected chi connectivity index (χ4v) is 3.61. The Balaban J connectivity index is 1.69. The third kappa shape index (κ3) is 6.87. The van der Waals surface area contributed by atoms with Gasteiger partial charge in [-0.3, -0.25) is 9.59 Å². The zero-order valence-corrected chi connectivity index (χ0v) is 19.8. The number of hydrogen-bond acceptors (Lipinski definition) is 9. The lowest BCUT2D eigenvalue weighted by Gasteiger charge is -2.22. The summed E-state index contributed by atoms with van der Waals surface area (Å²) in [5.74, 6) is 0.607. The average molecular weight is 492 g/mol. The summed E-state index contributed by atoms with van der Waals surface area (Å²) in [6, 6.07) is 12.2. The first-order valence-corrected chi connectivity index (χ1v) is 11.1. The van der Waals surface area contributed by atoms with Gasteiger partial charge in [0.1, 0.15) is 18.0 Å². The SMILES string of the molecule is COC(=O)CN(Cc1cc(OC)cc(OC)c1)C(=O)CSc1nnc(-c2ccc(Cl)cc2)o1. The monoisotopic (exact) mass is 491 g/mol. The molecule has 11 heteroatoms. The van der Waals surface area contributed by atoms with Crippen molar-refractivity contribution in [1.82, 2.24) is 15.1 Å². The van der Waals surface area contributed by atoms with E-state index in [2.05, 4.69) is 10.2 Å². The first-order valence-electron chi connectivity index (χ1n) is 9.70. The molecule has 0 aliphatic rings. The van der Waals surface area contributed by atoms with Gasteiger partial charge in [0, 0.05) is 23.2 Å². The van der Waals surface area contributed by atoms with E-state index in [4.69, 9.17) is 30.2 Å². The Kier molecular flexibility index (Phi) is 8.56. The van der Waals surface area contributed by atoms with Crippen LogP contribution in [-0.2, 0) is 20.9 Å². The summed E-state index contributed by atoms with van der Waals surface area (Å²) < 4.78 is 20.9. The molecule has 0 atom stereocenters. The van der Waals surface area contributed by atoms with Crippen molar-refractivity contribution in [3.8, 4) is 23.0 Å². The number of carbonyl (C=O) groups excluding carboxylic acids is 2. The van der Waals surface area contributed by atoms with Crippen molar-refractivity contribution in [1.29, 1.82) is 0 Å². The molecule has 0 radical (unpaired) electrons. The molecule has 2 aromatic carbocycles. The van der Waals surface area contributed by atoms with E-state index >= 15 is 0 Å². The summed E-state index contributed by atoms with van der Waals surface area (Å²) in [7, 11) is 4.34. The number of benzene rings is 2. The number of hydrogen-bond donors (Lipinski definition) is 0. The van der Waals surface area contributed by atoms with Crippen LogP contribution in [0.25, 0.3) is 11.5 Å². The largest absolute Gasteiger partial charge is 0.497 e. The molecule has 3 rings (SSSR count). The molecule has 1 amide bonds. The number of aromatic nitrogens is 2. The average Bonchev–Trinajstić information content (AvgIpc) is 3.31. The molecule has 0 bridgehead atoms. The predicted octanol–water partition coefficient (Wildman–Crippen LogP) is 3.70. The summed E-state index contributed by atoms with van der Waals surface area (Å²) in [4.78, 5) is 26.2. The second kappa shape index (κ2) is 11.6. The van der Waals surface area contributed by atoms with Gasteiger partial charge in [0.05, 0.1) is 27.1 Å². The van der Waals surface area contributed by atoms with Gasteiger partial charge < -0.3 is 23.5 Å². The summed E-state index contributed by atoms with van der Waals surface area (Å²) in [6.45, 7) is -0.0583. The Morgan fingerprint density at radius 1 is 1.03 bits per heavy atom. The number of methoxy groups -OCH3 is 3. The highest BCUT2D eigenvalue weighted by Gasteiger charge is 2.20. The quantitative estimate of drug-likeness (QED) is 0.310. The van der Waals surface area contributed by atoms with E-state index in [9.17, 15) is 9.59 Å². The molecule has 174 valence electrons. The highest BCUT2D eigenvalue weighted by Crippen LogP contribution is 2.26. The van der Waals surface area contributed by atoms with Crippen LogP contribution < -0.4 is 9.47 Å². The van der Waals surface area contributed by atoms with Gasteiger partial charge in [-0.2, -0.15) is 0 Å². The molecule has 0 spiro atoms. The number of amides is 1. The van der Waals surface area contributed by atoms with Crippen molar-refractivity contribution in [3.63, 3.8) is 0 Å². The first-order chi connectivity index (χ1) is 15.9. The summed E-state index contributed by atoms with van der Waals surface area (Å²) in [5, 5.41) is 8.80. The van der Waals surface area contributed by atoms with Gasteiger partial charge in [-0.25, -0.2) is 0 Å². The number of rotatable bonds is 10. The Morgan fingerprint density at radius 3 is 2.30 bits per heavy atom. The topological polar surface area (TPSA) is 104 Å². The summed E-state index contributed by atoms with van der Waals surface area (Å²) >= 11 is 6.97. The molecular formula is C22H22ClN3O6S. The lowest BCUT2D eigenvalue weighted by Crippen LogP contribution is -2.36. The van der Waals surface area contributed by atoms with Crippen LogP contribution in [0.15, 0.2) is 52.1 Å². The van der Waals surface area contributed by atoms with Crippen molar-refractivity contribution in [2.24, 2.45) is 0 Å². The smallest absolute Gasteiger partial charge is 0.325 e. The molecule has 3 aromatic rings. The minimum Gasteiger partial charge on any atom is -0.497 e. The molecule has 33 heavy (non-hydrogen) atoms. The Bertz CT molecular complexity index is 1080. The molecule has 0 saturated heterocycles. The maximum atomic E-state index is 12.9. The molecule has 0 saturated carbocycles. The first kappa shape index (κ1) is 24.4. The fourth-order valence-electron chi connectivity index (χ4n) is 2.82. The van der Waals surface area contributed by atoms with Crippen LogP contribution >= 0.6 is 23.4 Å². The van der Waals surface area contributed by atoms with E-state index in [1.165, 1.54) is 26.2 Å². The molecular weight excluding hydrogens is 470 g/mol. The predicted molar refractivity (Wildman–Crippen MR) is 122 cm³/mol. The van der Waals surface area contributed by atoms with Gasteiger partial charge in [-0.1, -0.05) is 23.4 Å². The van der Waals surface area contributed by atoms with Crippen LogP contribution in [0.3, 0.4) is 0 Å². The molecule has 1 heterocycles. The van der Waals surface area contributed by atoms with Gasteiger partial charge in [0.15, 0.2) is 0 Å². The second-order valence-electron chi connectivity index (χ2n) is 6.72. The number of halogens is 1. The zero-order chi connectivity index (χ0) is 23.8. The van der Waals surface area contributed by atoms with Crippen molar-refractivity contribution < 1.29 is 28.2 Å². The minimum atomic E-state index is -0.536. The highest BCUT2D eigenvalue weighted by molar-refractivity contribution is 7.99.